The number of likely N-dealkylation sites (N-methyl/N-ethyl adjacent to an activating group) is 1. The fraction of sp³-hybridized carbons (Fsp3) is 0.412. The number of amides is 2. The molecule has 0 saturated carbocycles. The Kier molecular flexibility index (Phi) is 5.58. The zero-order chi connectivity index (χ0) is 19.6. The molecule has 0 atom stereocenters. The predicted molar refractivity (Wildman–Crippen MR) is 88.0 cm³/mol. The molecule has 0 aliphatic carbocycles. The first-order chi connectivity index (χ1) is 12.0. The highest BCUT2D eigenvalue weighted by Gasteiger charge is 2.34. The van der Waals surface area contributed by atoms with E-state index in [1.165, 1.54) is 32.3 Å². The molecular formula is C17H19F4N3O2. The molecule has 1 N–H and O–H groups in total. The Labute approximate surface area is 147 Å². The number of aryl methyl sites for hydroxylation is 1. The van der Waals surface area contributed by atoms with Gasteiger partial charge < -0.3 is 14.8 Å². The topological polar surface area (TPSA) is 56.4 Å². The van der Waals surface area contributed by atoms with E-state index in [0.717, 1.165) is 4.90 Å². The second-order valence-corrected chi connectivity index (χ2v) is 6.25. The quantitative estimate of drug-likeness (QED) is 0.820. The number of nitrogens with zero attached hydrogens (tertiary/aromatic N) is 2. The molecule has 142 valence electrons. The van der Waals surface area contributed by atoms with Gasteiger partial charge in [0, 0.05) is 30.7 Å². The van der Waals surface area contributed by atoms with Gasteiger partial charge in [0.15, 0.2) is 0 Å². The number of nitrogens with one attached hydrogen (secondary N) is 1. The molecule has 2 aromatic rings. The van der Waals surface area contributed by atoms with Gasteiger partial charge in [0.25, 0.3) is 0 Å². The number of halogens is 4. The maximum atomic E-state index is 13.5. The van der Waals surface area contributed by atoms with Gasteiger partial charge in [-0.3, -0.25) is 9.59 Å². The summed E-state index contributed by atoms with van der Waals surface area (Å²) in [5, 5.41) is 0.432. The number of aromatic amines is 1. The fourth-order valence-corrected chi connectivity index (χ4v) is 2.60. The van der Waals surface area contributed by atoms with Crippen LogP contribution in [0.4, 0.5) is 17.6 Å². The Bertz CT molecular complexity index is 827. The summed E-state index contributed by atoms with van der Waals surface area (Å²) in [7, 11) is 2.79. The van der Waals surface area contributed by atoms with Crippen LogP contribution in [-0.2, 0) is 16.0 Å². The van der Waals surface area contributed by atoms with Crippen molar-refractivity contribution in [1.29, 1.82) is 0 Å². The molecule has 0 spiro atoms. The van der Waals surface area contributed by atoms with E-state index < -0.39 is 36.9 Å². The highest BCUT2D eigenvalue weighted by atomic mass is 19.4. The molecule has 2 amide bonds. The zero-order valence-corrected chi connectivity index (χ0v) is 14.6. The first-order valence-electron chi connectivity index (χ1n) is 7.79. The molecular weight excluding hydrogens is 354 g/mol. The lowest BCUT2D eigenvalue weighted by Crippen LogP contribution is -2.45. The van der Waals surface area contributed by atoms with Crippen molar-refractivity contribution < 1.29 is 27.2 Å². The first kappa shape index (κ1) is 19.7. The molecule has 26 heavy (non-hydrogen) atoms. The summed E-state index contributed by atoms with van der Waals surface area (Å²) in [6, 6.07) is 3.96. The van der Waals surface area contributed by atoms with Crippen LogP contribution in [0.2, 0.25) is 0 Å². The van der Waals surface area contributed by atoms with Crippen LogP contribution in [0.5, 0.6) is 0 Å². The van der Waals surface area contributed by atoms with E-state index in [0.29, 0.717) is 27.1 Å². The predicted octanol–water partition coefficient (Wildman–Crippen LogP) is 2.64. The number of aromatic nitrogens is 1. The average molecular weight is 373 g/mol. The number of fused-ring (bicyclic) bond motifs is 1. The van der Waals surface area contributed by atoms with E-state index in [1.807, 2.05) is 0 Å². The Morgan fingerprint density at radius 3 is 2.38 bits per heavy atom. The van der Waals surface area contributed by atoms with Crippen molar-refractivity contribution in [2.24, 2.45) is 0 Å². The van der Waals surface area contributed by atoms with E-state index in [4.69, 9.17) is 0 Å². The van der Waals surface area contributed by atoms with Crippen LogP contribution in [0.3, 0.4) is 0 Å². The number of alkyl halides is 3. The van der Waals surface area contributed by atoms with Crippen LogP contribution >= 0.6 is 0 Å². The molecule has 2 rings (SSSR count). The Morgan fingerprint density at radius 1 is 1.15 bits per heavy atom. The number of benzene rings is 1. The zero-order valence-electron chi connectivity index (χ0n) is 14.6. The van der Waals surface area contributed by atoms with Crippen molar-refractivity contribution >= 4 is 22.7 Å². The van der Waals surface area contributed by atoms with Crippen molar-refractivity contribution in [3.05, 3.63) is 35.3 Å². The van der Waals surface area contributed by atoms with Gasteiger partial charge >= 0.3 is 6.18 Å². The summed E-state index contributed by atoms with van der Waals surface area (Å²) < 4.78 is 51.9. The molecule has 0 saturated heterocycles. The van der Waals surface area contributed by atoms with Crippen molar-refractivity contribution in [2.45, 2.75) is 19.5 Å². The number of rotatable bonds is 5. The SMILES string of the molecule is Cc1[nH]c2ccc(F)cc2c1CC(=O)N(CC(=O)N(C)C)CC(F)(F)F. The molecule has 0 aliphatic heterocycles. The van der Waals surface area contributed by atoms with E-state index in [1.54, 1.807) is 6.92 Å². The van der Waals surface area contributed by atoms with E-state index in [2.05, 4.69) is 4.98 Å². The lowest BCUT2D eigenvalue weighted by atomic mass is 10.1. The van der Waals surface area contributed by atoms with Gasteiger partial charge in [-0.25, -0.2) is 4.39 Å². The normalized spacial score (nSPS) is 11.7. The average Bonchev–Trinajstić information content (AvgIpc) is 2.80. The second-order valence-electron chi connectivity index (χ2n) is 6.25. The van der Waals surface area contributed by atoms with Crippen LogP contribution in [-0.4, -0.2) is 60.0 Å². The summed E-state index contributed by atoms with van der Waals surface area (Å²) >= 11 is 0. The van der Waals surface area contributed by atoms with Crippen molar-refractivity contribution in [2.75, 3.05) is 27.2 Å². The maximum absolute atomic E-state index is 13.5. The molecule has 0 radical (unpaired) electrons. The molecule has 0 bridgehead atoms. The highest BCUT2D eigenvalue weighted by Crippen LogP contribution is 2.25. The van der Waals surface area contributed by atoms with Crippen LogP contribution in [0.15, 0.2) is 18.2 Å². The maximum Gasteiger partial charge on any atom is 0.406 e. The molecule has 0 fully saturated rings. The summed E-state index contributed by atoms with van der Waals surface area (Å²) in [6.07, 6.45) is -5.00. The third-order valence-corrected chi connectivity index (χ3v) is 3.96. The van der Waals surface area contributed by atoms with Gasteiger partial charge in [-0.1, -0.05) is 0 Å². The summed E-state index contributed by atoms with van der Waals surface area (Å²) in [5.41, 5.74) is 1.55. The van der Waals surface area contributed by atoms with Gasteiger partial charge in [0.05, 0.1) is 6.42 Å². The van der Waals surface area contributed by atoms with E-state index in [-0.39, 0.29) is 6.42 Å². The van der Waals surface area contributed by atoms with Gasteiger partial charge in [0.1, 0.15) is 18.9 Å². The number of H-pyrrole nitrogens is 1. The van der Waals surface area contributed by atoms with Gasteiger partial charge in [-0.05, 0) is 30.7 Å². The van der Waals surface area contributed by atoms with Crippen molar-refractivity contribution in [3.8, 4) is 0 Å². The minimum Gasteiger partial charge on any atom is -0.358 e. The van der Waals surface area contributed by atoms with Gasteiger partial charge in [-0.15, -0.1) is 0 Å². The Morgan fingerprint density at radius 2 is 1.81 bits per heavy atom. The fourth-order valence-electron chi connectivity index (χ4n) is 2.60. The third-order valence-electron chi connectivity index (χ3n) is 3.96. The number of carbonyl (C=O) groups is 2. The van der Waals surface area contributed by atoms with Crippen LogP contribution in [0.25, 0.3) is 10.9 Å². The molecule has 0 aliphatic rings. The molecule has 5 nitrogen and oxygen atoms in total. The number of hydrogen-bond donors (Lipinski definition) is 1. The van der Waals surface area contributed by atoms with Gasteiger partial charge in [-0.2, -0.15) is 13.2 Å². The lowest BCUT2D eigenvalue weighted by Gasteiger charge is -2.25. The Hall–Kier alpha value is -2.58. The Balaban J connectivity index is 2.30. The van der Waals surface area contributed by atoms with Crippen molar-refractivity contribution in [3.63, 3.8) is 0 Å². The highest BCUT2D eigenvalue weighted by molar-refractivity contribution is 5.91. The largest absolute Gasteiger partial charge is 0.406 e. The first-order valence-corrected chi connectivity index (χ1v) is 7.79. The smallest absolute Gasteiger partial charge is 0.358 e. The minimum atomic E-state index is -4.64. The standard InChI is InChI=1S/C17H19F4N3O2/c1-10-12(13-6-11(18)4-5-14(13)22-10)7-15(25)24(9-17(19,20)21)8-16(26)23(2)3/h4-6,22H,7-9H2,1-3H3. The monoisotopic (exact) mass is 373 g/mol. The van der Waals surface area contributed by atoms with Gasteiger partial charge in [0.2, 0.25) is 11.8 Å². The molecule has 1 aromatic heterocycles. The summed E-state index contributed by atoms with van der Waals surface area (Å²) in [4.78, 5) is 28.8. The second kappa shape index (κ2) is 7.35. The summed E-state index contributed by atoms with van der Waals surface area (Å²) in [6.45, 7) is -0.554. The molecule has 9 heteroatoms. The third kappa shape index (κ3) is 4.74. The molecule has 1 aromatic carbocycles. The van der Waals surface area contributed by atoms with Crippen LogP contribution < -0.4 is 0 Å². The van der Waals surface area contributed by atoms with E-state index in [9.17, 15) is 27.2 Å². The van der Waals surface area contributed by atoms with Crippen LogP contribution in [0.1, 0.15) is 11.3 Å². The lowest BCUT2D eigenvalue weighted by molar-refractivity contribution is -0.163. The molecule has 1 heterocycles. The molecule has 0 unspecified atom stereocenters. The van der Waals surface area contributed by atoms with Crippen molar-refractivity contribution in [1.82, 2.24) is 14.8 Å². The number of hydrogen-bond acceptors (Lipinski definition) is 2. The minimum absolute atomic E-state index is 0.369. The van der Waals surface area contributed by atoms with E-state index >= 15 is 0 Å². The summed E-state index contributed by atoms with van der Waals surface area (Å²) in [5.74, 6) is -1.99. The van der Waals surface area contributed by atoms with Crippen LogP contribution in [0, 0.1) is 12.7 Å². The number of carbonyl (C=O) groups excluding carboxylic acids is 2.